The number of carboxylic acid groups (broad SMARTS) is 1. The van der Waals surface area contributed by atoms with Gasteiger partial charge in [0.2, 0.25) is 5.78 Å². The molecule has 4 nitrogen and oxygen atoms in total. The number of ketones is 1. The topological polar surface area (TPSA) is 74.6 Å². The van der Waals surface area contributed by atoms with Crippen LogP contribution in [0.3, 0.4) is 0 Å². The molecule has 0 saturated heterocycles. The average molecular weight is 431 g/mol. The van der Waals surface area contributed by atoms with Crippen LogP contribution in [0.25, 0.3) is 15.7 Å². The summed E-state index contributed by atoms with van der Waals surface area (Å²) in [5, 5.41) is 20.0. The van der Waals surface area contributed by atoms with E-state index in [1.165, 1.54) is 11.3 Å². The van der Waals surface area contributed by atoms with Crippen LogP contribution in [-0.2, 0) is 4.79 Å². The number of aromatic hydroxyl groups is 1. The highest BCUT2D eigenvalue weighted by Crippen LogP contribution is 2.45. The van der Waals surface area contributed by atoms with E-state index in [9.17, 15) is 19.8 Å². The van der Waals surface area contributed by atoms with Crippen LogP contribution in [-0.4, -0.2) is 22.0 Å². The van der Waals surface area contributed by atoms with Gasteiger partial charge in [-0.05, 0) is 48.6 Å². The normalized spacial score (nSPS) is 18.7. The summed E-state index contributed by atoms with van der Waals surface area (Å²) >= 11 is 1.36. The number of carbonyl (C=O) groups excluding carboxylic acids is 1. The molecule has 0 radical (unpaired) electrons. The molecule has 1 saturated carbocycles. The third-order valence-corrected chi connectivity index (χ3v) is 6.76. The molecule has 156 valence electrons. The maximum Gasteiger partial charge on any atom is 0.307 e. The minimum Gasteiger partial charge on any atom is -0.508 e. The van der Waals surface area contributed by atoms with Gasteiger partial charge in [-0.1, -0.05) is 55.1 Å². The highest BCUT2D eigenvalue weighted by atomic mass is 32.1. The third-order valence-electron chi connectivity index (χ3n) is 5.61. The summed E-state index contributed by atoms with van der Waals surface area (Å²) in [6.07, 6.45) is 6.15. The summed E-state index contributed by atoms with van der Waals surface area (Å²) in [6.45, 7) is 5.77. The summed E-state index contributed by atoms with van der Waals surface area (Å²) in [7, 11) is 0. The van der Waals surface area contributed by atoms with E-state index in [0.717, 1.165) is 26.8 Å². The second-order valence-electron chi connectivity index (χ2n) is 7.69. The van der Waals surface area contributed by atoms with Gasteiger partial charge in [0.1, 0.15) is 5.75 Å². The predicted molar refractivity (Wildman–Crippen MR) is 125 cm³/mol. The average Bonchev–Trinajstić information content (AvgIpc) is 3.48. The van der Waals surface area contributed by atoms with Gasteiger partial charge in [-0.2, -0.15) is 0 Å². The minimum absolute atomic E-state index is 0.0133. The summed E-state index contributed by atoms with van der Waals surface area (Å²) in [4.78, 5) is 25.1. The fourth-order valence-electron chi connectivity index (χ4n) is 3.84. The molecule has 2 N–H and O–H groups in total. The smallest absolute Gasteiger partial charge is 0.307 e. The fourth-order valence-corrected chi connectivity index (χ4v) is 5.10. The van der Waals surface area contributed by atoms with Crippen LogP contribution < -0.4 is 0 Å². The molecule has 1 aliphatic rings. The van der Waals surface area contributed by atoms with Gasteiger partial charge >= 0.3 is 5.97 Å². The first-order chi connectivity index (χ1) is 14.9. The lowest BCUT2D eigenvalue weighted by molar-refractivity contribution is -0.138. The number of carboxylic acids is 1. The number of aliphatic carboxylic acids is 1. The third kappa shape index (κ3) is 4.09. The molecule has 2 unspecified atom stereocenters. The van der Waals surface area contributed by atoms with E-state index < -0.39 is 5.97 Å². The van der Waals surface area contributed by atoms with E-state index in [2.05, 4.69) is 6.58 Å². The van der Waals surface area contributed by atoms with Crippen molar-refractivity contribution in [2.24, 2.45) is 11.8 Å². The number of rotatable bonds is 7. The standard InChI is InChI=1S/C26H22O4S/c1-3-16(20-14-21(20)26(29)30)10-9-15(2)23-19-12-11-18(27)13-22(19)31-25(23)24(28)17-7-5-4-6-8-17/h3-13,20-21,27H,1,14H2,2H3,(H,29,30)/b15-9+,16-10+. The molecular formula is C26H22O4S. The number of hydrogen-bond donors (Lipinski definition) is 2. The maximum atomic E-state index is 13.3. The molecule has 2 atom stereocenters. The molecule has 1 heterocycles. The number of phenols is 1. The van der Waals surface area contributed by atoms with Crippen molar-refractivity contribution in [1.82, 2.24) is 0 Å². The van der Waals surface area contributed by atoms with E-state index in [4.69, 9.17) is 0 Å². The van der Waals surface area contributed by atoms with Crippen LogP contribution in [0.15, 0.2) is 78.9 Å². The Kier molecular flexibility index (Phi) is 5.61. The SMILES string of the molecule is C=C/C(=C\C=C(/C)c1c(C(=O)c2ccccc2)sc2cc(O)ccc12)C1CC1C(=O)O. The van der Waals surface area contributed by atoms with Gasteiger partial charge in [0, 0.05) is 21.2 Å². The highest BCUT2D eigenvalue weighted by molar-refractivity contribution is 7.21. The molecule has 1 aromatic heterocycles. The van der Waals surface area contributed by atoms with E-state index in [0.29, 0.717) is 16.9 Å². The zero-order valence-electron chi connectivity index (χ0n) is 17.0. The molecule has 3 aromatic rings. The molecule has 0 amide bonds. The second-order valence-corrected chi connectivity index (χ2v) is 8.74. The first kappa shape index (κ1) is 20.8. The Morgan fingerprint density at radius 2 is 1.84 bits per heavy atom. The second kappa shape index (κ2) is 8.36. The van der Waals surface area contributed by atoms with E-state index in [1.54, 1.807) is 30.3 Å². The first-order valence-electron chi connectivity index (χ1n) is 10.00. The van der Waals surface area contributed by atoms with E-state index in [-0.39, 0.29) is 23.4 Å². The molecule has 31 heavy (non-hydrogen) atoms. The van der Waals surface area contributed by atoms with Crippen LogP contribution in [0.5, 0.6) is 5.75 Å². The Hall–Kier alpha value is -3.44. The molecule has 1 fully saturated rings. The van der Waals surface area contributed by atoms with Crippen molar-refractivity contribution in [1.29, 1.82) is 0 Å². The van der Waals surface area contributed by atoms with Crippen molar-refractivity contribution in [2.75, 3.05) is 0 Å². The Labute approximate surface area is 184 Å². The number of phenolic OH excluding ortho intramolecular Hbond substituents is 1. The lowest BCUT2D eigenvalue weighted by Crippen LogP contribution is -2.01. The van der Waals surface area contributed by atoms with Gasteiger partial charge < -0.3 is 10.2 Å². The summed E-state index contributed by atoms with van der Waals surface area (Å²) < 4.78 is 0.836. The summed E-state index contributed by atoms with van der Waals surface area (Å²) in [5.41, 5.74) is 3.22. The van der Waals surface area contributed by atoms with Crippen molar-refractivity contribution in [3.05, 3.63) is 94.9 Å². The lowest BCUT2D eigenvalue weighted by Gasteiger charge is -2.06. The quantitative estimate of drug-likeness (QED) is 0.352. The van der Waals surface area contributed by atoms with Gasteiger partial charge in [0.15, 0.2) is 0 Å². The zero-order chi connectivity index (χ0) is 22.1. The fraction of sp³-hybridized carbons (Fsp3) is 0.154. The van der Waals surface area contributed by atoms with Crippen LogP contribution in [0.1, 0.15) is 34.1 Å². The largest absolute Gasteiger partial charge is 0.508 e. The molecular weight excluding hydrogens is 408 g/mol. The number of thiophene rings is 1. The molecule has 0 bridgehead atoms. The number of fused-ring (bicyclic) bond motifs is 1. The Morgan fingerprint density at radius 3 is 2.48 bits per heavy atom. The number of carbonyl (C=O) groups is 2. The molecule has 5 heteroatoms. The van der Waals surface area contributed by atoms with Crippen molar-refractivity contribution in [2.45, 2.75) is 13.3 Å². The van der Waals surface area contributed by atoms with E-state index >= 15 is 0 Å². The summed E-state index contributed by atoms with van der Waals surface area (Å²) in [5.74, 6) is -1.05. The van der Waals surface area contributed by atoms with Gasteiger partial charge in [0.05, 0.1) is 10.8 Å². The summed E-state index contributed by atoms with van der Waals surface area (Å²) in [6, 6.07) is 14.2. The van der Waals surface area contributed by atoms with Gasteiger partial charge in [-0.3, -0.25) is 9.59 Å². The lowest BCUT2D eigenvalue weighted by atomic mass is 9.98. The van der Waals surface area contributed by atoms with Crippen molar-refractivity contribution >= 4 is 38.7 Å². The minimum atomic E-state index is -0.780. The molecule has 1 aliphatic carbocycles. The van der Waals surface area contributed by atoms with Gasteiger partial charge in [0.25, 0.3) is 0 Å². The Morgan fingerprint density at radius 1 is 1.10 bits per heavy atom. The molecule has 0 spiro atoms. The number of allylic oxidation sites excluding steroid dienone is 5. The predicted octanol–water partition coefficient (Wildman–Crippen LogP) is 6.07. The van der Waals surface area contributed by atoms with E-state index in [1.807, 2.05) is 43.3 Å². The van der Waals surface area contributed by atoms with Crippen LogP contribution >= 0.6 is 11.3 Å². The highest BCUT2D eigenvalue weighted by Gasteiger charge is 2.44. The van der Waals surface area contributed by atoms with Gasteiger partial charge in [-0.15, -0.1) is 11.3 Å². The number of hydrogen-bond acceptors (Lipinski definition) is 4. The first-order valence-corrected chi connectivity index (χ1v) is 10.8. The van der Waals surface area contributed by atoms with Crippen molar-refractivity contribution in [3.63, 3.8) is 0 Å². The van der Waals surface area contributed by atoms with Crippen molar-refractivity contribution < 1.29 is 19.8 Å². The molecule has 0 aliphatic heterocycles. The Bertz CT molecular complexity index is 1250. The molecule has 2 aromatic carbocycles. The molecule has 4 rings (SSSR count). The monoisotopic (exact) mass is 430 g/mol. The van der Waals surface area contributed by atoms with Gasteiger partial charge in [-0.25, -0.2) is 0 Å². The van der Waals surface area contributed by atoms with Crippen molar-refractivity contribution in [3.8, 4) is 5.75 Å². The Balaban J connectivity index is 1.79. The number of benzene rings is 2. The zero-order valence-corrected chi connectivity index (χ0v) is 17.9. The van der Waals surface area contributed by atoms with Crippen LogP contribution in [0.2, 0.25) is 0 Å². The maximum absolute atomic E-state index is 13.3. The van der Waals surface area contributed by atoms with Crippen LogP contribution in [0, 0.1) is 11.8 Å². The van der Waals surface area contributed by atoms with Crippen LogP contribution in [0.4, 0.5) is 0 Å².